The molecular formula is C49H27F2N7. The standard InChI is InChI=1S/C49H27F2N7/c50-37-22-33(41-26-30-9-3-15-52-43(30)45-39(41)11-5-17-54-45)20-35(24-37)48-56-47(32-14-13-28-7-1-2-8-29(28)19-32)57-49(58-48)36-21-34(23-38(51)25-36)42-27-31-10-4-16-53-44(31)46-40(42)12-6-18-55-46/h1-27H. The summed E-state index contributed by atoms with van der Waals surface area (Å²) in [4.78, 5) is 33.3. The van der Waals surface area contributed by atoms with Crippen LogP contribution in [0.4, 0.5) is 8.78 Å². The lowest BCUT2D eigenvalue weighted by molar-refractivity contribution is 0.628. The van der Waals surface area contributed by atoms with Gasteiger partial charge in [0.05, 0.1) is 22.1 Å². The molecule has 11 rings (SSSR count). The van der Waals surface area contributed by atoms with Gasteiger partial charge < -0.3 is 0 Å². The summed E-state index contributed by atoms with van der Waals surface area (Å²) < 4.78 is 31.8. The highest BCUT2D eigenvalue weighted by atomic mass is 19.1. The van der Waals surface area contributed by atoms with Gasteiger partial charge in [-0.15, -0.1) is 0 Å². The number of benzene rings is 6. The summed E-state index contributed by atoms with van der Waals surface area (Å²) in [6.07, 6.45) is 6.93. The summed E-state index contributed by atoms with van der Waals surface area (Å²) in [6, 6.07) is 42.9. The van der Waals surface area contributed by atoms with Gasteiger partial charge >= 0.3 is 0 Å². The number of halogens is 2. The molecule has 0 N–H and O–H groups in total. The van der Waals surface area contributed by atoms with Gasteiger partial charge in [0.15, 0.2) is 17.5 Å². The first-order valence-electron chi connectivity index (χ1n) is 18.7. The minimum atomic E-state index is -0.468. The van der Waals surface area contributed by atoms with E-state index >= 15 is 8.78 Å². The van der Waals surface area contributed by atoms with Crippen LogP contribution < -0.4 is 0 Å². The van der Waals surface area contributed by atoms with Gasteiger partial charge in [-0.25, -0.2) is 23.7 Å². The van der Waals surface area contributed by atoms with E-state index in [-0.39, 0.29) is 11.6 Å². The average molecular weight is 752 g/mol. The van der Waals surface area contributed by atoms with E-state index in [4.69, 9.17) is 15.0 Å². The molecule has 0 fully saturated rings. The number of fused-ring (bicyclic) bond motifs is 7. The lowest BCUT2D eigenvalue weighted by atomic mass is 9.96. The molecule has 58 heavy (non-hydrogen) atoms. The van der Waals surface area contributed by atoms with E-state index in [1.807, 2.05) is 115 Å². The first kappa shape index (κ1) is 33.4. The van der Waals surface area contributed by atoms with Gasteiger partial charge in [-0.05, 0) is 112 Å². The van der Waals surface area contributed by atoms with Crippen molar-refractivity contribution in [1.82, 2.24) is 34.9 Å². The Bertz CT molecular complexity index is 3270. The molecule has 5 heterocycles. The third-order valence-electron chi connectivity index (χ3n) is 10.5. The Balaban J connectivity index is 1.12. The number of rotatable bonds is 5. The van der Waals surface area contributed by atoms with Crippen molar-refractivity contribution in [3.63, 3.8) is 0 Å². The summed E-state index contributed by atoms with van der Waals surface area (Å²) in [5, 5.41) is 5.48. The van der Waals surface area contributed by atoms with Crippen LogP contribution >= 0.6 is 0 Å². The SMILES string of the molecule is Fc1cc(-c2nc(-c3cc(F)cc(-c4cc5cccnc5c5ncccc45)c3)nc(-c3ccc4ccccc4c3)n2)cc(-c2cc3cccnc3c3ncccc23)c1. The minimum absolute atomic E-state index is 0.232. The lowest BCUT2D eigenvalue weighted by Gasteiger charge is -2.13. The van der Waals surface area contributed by atoms with Crippen molar-refractivity contribution in [2.24, 2.45) is 0 Å². The Morgan fingerprint density at radius 2 is 0.741 bits per heavy atom. The predicted molar refractivity (Wildman–Crippen MR) is 226 cm³/mol. The molecule has 0 saturated heterocycles. The zero-order valence-corrected chi connectivity index (χ0v) is 30.5. The number of aromatic nitrogens is 7. The molecule has 0 aliphatic heterocycles. The first-order valence-corrected chi connectivity index (χ1v) is 18.7. The number of nitrogens with zero attached hydrogens (tertiary/aromatic N) is 7. The molecular weight excluding hydrogens is 725 g/mol. The molecule has 0 saturated carbocycles. The molecule has 0 radical (unpaired) electrons. The van der Waals surface area contributed by atoms with Gasteiger partial charge in [0.2, 0.25) is 0 Å². The first-order chi connectivity index (χ1) is 28.5. The summed E-state index contributed by atoms with van der Waals surface area (Å²) in [5.74, 6) is -0.110. The fourth-order valence-corrected chi connectivity index (χ4v) is 7.87. The van der Waals surface area contributed by atoms with Gasteiger partial charge in [0.25, 0.3) is 0 Å². The quantitative estimate of drug-likeness (QED) is 0.162. The molecule has 0 spiro atoms. The van der Waals surface area contributed by atoms with Gasteiger partial charge in [-0.1, -0.05) is 60.7 Å². The third kappa shape index (κ3) is 5.76. The Hall–Kier alpha value is -7.91. The Labute approximate surface area is 329 Å². The van der Waals surface area contributed by atoms with E-state index in [0.717, 1.165) is 71.1 Å². The molecule has 6 aromatic carbocycles. The van der Waals surface area contributed by atoms with Gasteiger partial charge in [0.1, 0.15) is 11.6 Å². The smallest absolute Gasteiger partial charge is 0.164 e. The highest BCUT2D eigenvalue weighted by Crippen LogP contribution is 2.38. The molecule has 9 heteroatoms. The second-order valence-electron chi connectivity index (χ2n) is 14.1. The normalized spacial score (nSPS) is 11.6. The van der Waals surface area contributed by atoms with E-state index in [2.05, 4.69) is 19.9 Å². The largest absolute Gasteiger partial charge is 0.254 e. The van der Waals surface area contributed by atoms with Crippen LogP contribution in [-0.4, -0.2) is 34.9 Å². The van der Waals surface area contributed by atoms with Crippen LogP contribution in [0.1, 0.15) is 0 Å². The van der Waals surface area contributed by atoms with Gasteiger partial charge in [-0.2, -0.15) is 0 Å². The molecule has 272 valence electrons. The predicted octanol–water partition coefficient (Wildman–Crippen LogP) is 11.8. The molecule has 0 amide bonds. The van der Waals surface area contributed by atoms with Crippen molar-refractivity contribution in [2.45, 2.75) is 0 Å². The van der Waals surface area contributed by atoms with Crippen LogP contribution in [0.5, 0.6) is 0 Å². The van der Waals surface area contributed by atoms with Crippen molar-refractivity contribution in [3.8, 4) is 56.4 Å². The molecule has 5 aromatic heterocycles. The third-order valence-corrected chi connectivity index (χ3v) is 10.5. The van der Waals surface area contributed by atoms with Crippen LogP contribution in [0.25, 0.3) is 111 Å². The second-order valence-corrected chi connectivity index (χ2v) is 14.1. The van der Waals surface area contributed by atoms with Crippen molar-refractivity contribution in [2.75, 3.05) is 0 Å². The highest BCUT2D eigenvalue weighted by molar-refractivity contribution is 6.11. The molecule has 0 unspecified atom stereocenters. The van der Waals surface area contributed by atoms with Gasteiger partial charge in [0, 0.05) is 63.0 Å². The highest BCUT2D eigenvalue weighted by Gasteiger charge is 2.19. The number of hydrogen-bond donors (Lipinski definition) is 0. The minimum Gasteiger partial charge on any atom is -0.254 e. The van der Waals surface area contributed by atoms with Crippen molar-refractivity contribution < 1.29 is 8.78 Å². The molecule has 11 aromatic rings. The lowest BCUT2D eigenvalue weighted by Crippen LogP contribution is -2.01. The molecule has 0 atom stereocenters. The van der Waals surface area contributed by atoms with E-state index in [0.29, 0.717) is 28.1 Å². The number of hydrogen-bond acceptors (Lipinski definition) is 7. The molecule has 0 aliphatic carbocycles. The molecule has 0 aliphatic rings. The fraction of sp³-hybridized carbons (Fsp3) is 0. The Kier molecular flexibility index (Phi) is 7.72. The van der Waals surface area contributed by atoms with Crippen LogP contribution in [0, 0.1) is 11.6 Å². The van der Waals surface area contributed by atoms with Gasteiger partial charge in [-0.3, -0.25) is 19.9 Å². The Morgan fingerprint density at radius 1 is 0.310 bits per heavy atom. The zero-order valence-electron chi connectivity index (χ0n) is 30.5. The van der Waals surface area contributed by atoms with Crippen molar-refractivity contribution in [1.29, 1.82) is 0 Å². The van der Waals surface area contributed by atoms with E-state index in [9.17, 15) is 0 Å². The van der Waals surface area contributed by atoms with Crippen LogP contribution in [0.2, 0.25) is 0 Å². The van der Waals surface area contributed by atoms with E-state index < -0.39 is 11.6 Å². The van der Waals surface area contributed by atoms with Crippen LogP contribution in [-0.2, 0) is 0 Å². The van der Waals surface area contributed by atoms with E-state index in [1.54, 1.807) is 24.8 Å². The topological polar surface area (TPSA) is 90.2 Å². The maximum absolute atomic E-state index is 15.9. The summed E-state index contributed by atoms with van der Waals surface area (Å²) in [7, 11) is 0. The number of pyridine rings is 4. The summed E-state index contributed by atoms with van der Waals surface area (Å²) >= 11 is 0. The van der Waals surface area contributed by atoms with Crippen LogP contribution in [0.3, 0.4) is 0 Å². The molecule has 0 bridgehead atoms. The maximum atomic E-state index is 15.9. The van der Waals surface area contributed by atoms with Crippen LogP contribution in [0.15, 0.2) is 164 Å². The summed E-state index contributed by atoms with van der Waals surface area (Å²) in [5.41, 5.74) is 7.37. The summed E-state index contributed by atoms with van der Waals surface area (Å²) in [6.45, 7) is 0. The maximum Gasteiger partial charge on any atom is 0.164 e. The second kappa shape index (κ2) is 13.4. The van der Waals surface area contributed by atoms with Crippen molar-refractivity contribution >= 4 is 54.4 Å². The fourth-order valence-electron chi connectivity index (χ4n) is 7.87. The monoisotopic (exact) mass is 751 g/mol. The Morgan fingerprint density at radius 3 is 1.28 bits per heavy atom. The zero-order chi connectivity index (χ0) is 38.7. The average Bonchev–Trinajstić information content (AvgIpc) is 3.27. The molecule has 7 nitrogen and oxygen atoms in total. The van der Waals surface area contributed by atoms with E-state index in [1.165, 1.54) is 24.3 Å². The van der Waals surface area contributed by atoms with Crippen molar-refractivity contribution in [3.05, 3.63) is 176 Å².